The molecular weight excluding hydrogens is 436 g/mol. The van der Waals surface area contributed by atoms with Crippen molar-refractivity contribution in [2.75, 3.05) is 36.2 Å². The van der Waals surface area contributed by atoms with Crippen LogP contribution in [-0.4, -0.2) is 56.5 Å². The van der Waals surface area contributed by atoms with Gasteiger partial charge in [0.2, 0.25) is 0 Å². The van der Waals surface area contributed by atoms with Crippen molar-refractivity contribution in [1.82, 2.24) is 9.97 Å². The normalized spacial score (nSPS) is 16.5. The second-order valence-corrected chi connectivity index (χ2v) is 9.06. The molecule has 1 aromatic carbocycles. The molecule has 1 amide bonds. The van der Waals surface area contributed by atoms with Crippen LogP contribution in [0, 0.1) is 0 Å². The molecule has 1 fully saturated rings. The predicted octanol–water partition coefficient (Wildman–Crippen LogP) is 2.93. The standard InChI is InChI=1S/C21H26N4O6S/c1-14(2)31-21(26)23-17-7-5-16(6-8-17)20-22-18(13-30-32(4,27)28)11-19(24-20)25-9-10-29-12-15(25)3/h5-8,11,15H,1,9-10,12-13H2,2-4H3,(H,23,26)/t15-/m0/s1. The van der Waals surface area contributed by atoms with Gasteiger partial charge in [-0.1, -0.05) is 6.58 Å². The molecule has 32 heavy (non-hydrogen) atoms. The zero-order valence-corrected chi connectivity index (χ0v) is 19.0. The van der Waals surface area contributed by atoms with Crippen molar-refractivity contribution < 1.29 is 26.9 Å². The van der Waals surface area contributed by atoms with Crippen LogP contribution >= 0.6 is 0 Å². The first-order valence-corrected chi connectivity index (χ1v) is 11.7. The molecule has 3 rings (SSSR count). The smallest absolute Gasteiger partial charge is 0.416 e. The summed E-state index contributed by atoms with van der Waals surface area (Å²) in [5.74, 6) is 1.35. The van der Waals surface area contributed by atoms with Crippen molar-refractivity contribution in [2.24, 2.45) is 0 Å². The monoisotopic (exact) mass is 462 g/mol. The minimum absolute atomic E-state index is 0.0982. The van der Waals surface area contributed by atoms with Crippen LogP contribution in [0.25, 0.3) is 11.4 Å². The Morgan fingerprint density at radius 1 is 1.31 bits per heavy atom. The number of amides is 1. The Morgan fingerprint density at radius 2 is 2.03 bits per heavy atom. The van der Waals surface area contributed by atoms with Gasteiger partial charge in [0.1, 0.15) is 12.4 Å². The molecule has 1 saturated heterocycles. The topological polar surface area (TPSA) is 120 Å². The number of hydrogen-bond donors (Lipinski definition) is 1. The lowest BCUT2D eigenvalue weighted by molar-refractivity contribution is 0.0985. The molecule has 1 atom stereocenters. The molecule has 1 aliphatic heterocycles. The summed E-state index contributed by atoms with van der Waals surface area (Å²) in [6.45, 7) is 8.71. The van der Waals surface area contributed by atoms with E-state index >= 15 is 0 Å². The molecule has 1 aromatic heterocycles. The number of hydrogen-bond acceptors (Lipinski definition) is 9. The fraction of sp³-hybridized carbons (Fsp3) is 0.381. The van der Waals surface area contributed by atoms with Gasteiger partial charge in [-0.05, 0) is 38.1 Å². The number of carbonyl (C=O) groups is 1. The third-order valence-electron chi connectivity index (χ3n) is 4.50. The largest absolute Gasteiger partial charge is 0.416 e. The second kappa shape index (κ2) is 10.1. The van der Waals surface area contributed by atoms with Crippen LogP contribution in [0.3, 0.4) is 0 Å². The highest BCUT2D eigenvalue weighted by molar-refractivity contribution is 7.85. The Morgan fingerprint density at radius 3 is 2.66 bits per heavy atom. The van der Waals surface area contributed by atoms with Crippen molar-refractivity contribution in [3.63, 3.8) is 0 Å². The number of aromatic nitrogens is 2. The third-order valence-corrected chi connectivity index (χ3v) is 5.05. The van der Waals surface area contributed by atoms with E-state index in [0.29, 0.717) is 48.3 Å². The van der Waals surface area contributed by atoms with Gasteiger partial charge in [0.05, 0.1) is 37.0 Å². The molecule has 0 saturated carbocycles. The second-order valence-electron chi connectivity index (χ2n) is 7.42. The maximum Gasteiger partial charge on any atom is 0.416 e. The summed E-state index contributed by atoms with van der Waals surface area (Å²) in [5, 5.41) is 2.60. The minimum Gasteiger partial charge on any atom is -0.416 e. The predicted molar refractivity (Wildman–Crippen MR) is 120 cm³/mol. The maximum absolute atomic E-state index is 11.7. The lowest BCUT2D eigenvalue weighted by Gasteiger charge is -2.34. The molecule has 0 radical (unpaired) electrons. The average molecular weight is 463 g/mol. The van der Waals surface area contributed by atoms with Gasteiger partial charge in [0, 0.05) is 23.9 Å². The first-order chi connectivity index (χ1) is 15.1. The van der Waals surface area contributed by atoms with Crippen LogP contribution < -0.4 is 10.2 Å². The Bertz CT molecular complexity index is 1090. The number of rotatable bonds is 7. The van der Waals surface area contributed by atoms with E-state index in [0.717, 1.165) is 6.26 Å². The van der Waals surface area contributed by atoms with Gasteiger partial charge < -0.3 is 14.4 Å². The molecule has 1 aliphatic rings. The van der Waals surface area contributed by atoms with Crippen LogP contribution in [0.4, 0.5) is 16.3 Å². The van der Waals surface area contributed by atoms with E-state index in [-0.39, 0.29) is 18.4 Å². The summed E-state index contributed by atoms with van der Waals surface area (Å²) in [6, 6.07) is 8.70. The van der Waals surface area contributed by atoms with E-state index in [1.165, 1.54) is 0 Å². The molecular formula is C21H26N4O6S. The number of anilines is 2. The van der Waals surface area contributed by atoms with Gasteiger partial charge in [-0.2, -0.15) is 8.42 Å². The summed E-state index contributed by atoms with van der Waals surface area (Å²) in [6.07, 6.45) is 0.356. The zero-order chi connectivity index (χ0) is 23.3. The fourth-order valence-electron chi connectivity index (χ4n) is 3.07. The number of nitrogens with one attached hydrogen (secondary N) is 1. The van der Waals surface area contributed by atoms with Crippen molar-refractivity contribution in [2.45, 2.75) is 26.5 Å². The van der Waals surface area contributed by atoms with Crippen molar-refractivity contribution in [3.05, 3.63) is 48.4 Å². The van der Waals surface area contributed by atoms with Crippen LogP contribution in [0.15, 0.2) is 42.7 Å². The van der Waals surface area contributed by atoms with Gasteiger partial charge in [-0.25, -0.2) is 14.8 Å². The number of morpholine rings is 1. The summed E-state index contributed by atoms with van der Waals surface area (Å²) in [4.78, 5) is 23.0. The van der Waals surface area contributed by atoms with Crippen molar-refractivity contribution in [1.29, 1.82) is 0 Å². The third kappa shape index (κ3) is 6.74. The Labute approximate surface area is 187 Å². The van der Waals surface area contributed by atoms with Crippen LogP contribution in [0.2, 0.25) is 0 Å². The van der Waals surface area contributed by atoms with E-state index in [2.05, 4.69) is 26.8 Å². The Kier molecular flexibility index (Phi) is 7.44. The van der Waals surface area contributed by atoms with E-state index in [1.54, 1.807) is 37.3 Å². The van der Waals surface area contributed by atoms with Gasteiger partial charge in [0.15, 0.2) is 5.82 Å². The number of nitrogens with zero attached hydrogens (tertiary/aromatic N) is 3. The minimum atomic E-state index is -3.63. The van der Waals surface area contributed by atoms with E-state index in [4.69, 9.17) is 13.7 Å². The van der Waals surface area contributed by atoms with Crippen molar-refractivity contribution >= 4 is 27.7 Å². The molecule has 0 aliphatic carbocycles. The SMILES string of the molecule is C=C(C)OC(=O)Nc1ccc(-c2nc(COS(C)(=O)=O)cc(N3CCOC[C@@H]3C)n2)cc1. The van der Waals surface area contributed by atoms with Crippen LogP contribution in [0.1, 0.15) is 19.5 Å². The Balaban J connectivity index is 1.89. The maximum atomic E-state index is 11.7. The molecule has 0 unspecified atom stereocenters. The molecule has 0 bridgehead atoms. The summed E-state index contributed by atoms with van der Waals surface area (Å²) in [5.41, 5.74) is 1.65. The molecule has 2 aromatic rings. The number of ether oxygens (including phenoxy) is 2. The quantitative estimate of drug-likeness (QED) is 0.489. The van der Waals surface area contributed by atoms with Crippen LogP contribution in [-0.2, 0) is 30.4 Å². The lowest BCUT2D eigenvalue weighted by Crippen LogP contribution is -2.44. The van der Waals surface area contributed by atoms with Crippen LogP contribution in [0.5, 0.6) is 0 Å². The summed E-state index contributed by atoms with van der Waals surface area (Å²) < 4.78 is 38.2. The summed E-state index contributed by atoms with van der Waals surface area (Å²) >= 11 is 0. The highest BCUT2D eigenvalue weighted by Crippen LogP contribution is 2.25. The molecule has 11 heteroatoms. The number of benzene rings is 1. The zero-order valence-electron chi connectivity index (χ0n) is 18.2. The molecule has 172 valence electrons. The number of allylic oxidation sites excluding steroid dienone is 1. The van der Waals surface area contributed by atoms with E-state index in [1.807, 2.05) is 6.92 Å². The first-order valence-electron chi connectivity index (χ1n) is 9.92. The first kappa shape index (κ1) is 23.6. The van der Waals surface area contributed by atoms with Gasteiger partial charge in [-0.15, -0.1) is 0 Å². The highest BCUT2D eigenvalue weighted by atomic mass is 32.2. The highest BCUT2D eigenvalue weighted by Gasteiger charge is 2.22. The van der Waals surface area contributed by atoms with Crippen molar-refractivity contribution in [3.8, 4) is 11.4 Å². The van der Waals surface area contributed by atoms with E-state index < -0.39 is 16.2 Å². The summed E-state index contributed by atoms with van der Waals surface area (Å²) in [7, 11) is -3.63. The fourth-order valence-corrected chi connectivity index (χ4v) is 3.41. The number of carbonyl (C=O) groups excluding carboxylic acids is 1. The molecule has 2 heterocycles. The van der Waals surface area contributed by atoms with Gasteiger partial charge >= 0.3 is 6.09 Å². The molecule has 10 nitrogen and oxygen atoms in total. The van der Waals surface area contributed by atoms with Gasteiger partial charge in [0.25, 0.3) is 10.1 Å². The average Bonchev–Trinajstić information content (AvgIpc) is 2.72. The molecule has 0 spiro atoms. The molecule has 1 N–H and O–H groups in total. The van der Waals surface area contributed by atoms with Gasteiger partial charge in [-0.3, -0.25) is 9.50 Å². The Hall–Kier alpha value is -3.02. The lowest BCUT2D eigenvalue weighted by atomic mass is 10.2. The van der Waals surface area contributed by atoms with E-state index in [9.17, 15) is 13.2 Å².